The summed E-state index contributed by atoms with van der Waals surface area (Å²) in [7, 11) is 0. The summed E-state index contributed by atoms with van der Waals surface area (Å²) >= 11 is 1.67. The Morgan fingerprint density at radius 2 is 2.05 bits per heavy atom. The van der Waals surface area contributed by atoms with Crippen LogP contribution in [0.15, 0.2) is 52.9 Å². The van der Waals surface area contributed by atoms with E-state index in [1.54, 1.807) is 23.3 Å². The second kappa shape index (κ2) is 4.97. The quantitative estimate of drug-likeness (QED) is 0.822. The number of nitrogens with zero attached hydrogens (tertiary/aromatic N) is 2. The first-order valence-electron chi connectivity index (χ1n) is 6.22. The fourth-order valence-electron chi connectivity index (χ4n) is 2.31. The minimum absolute atomic E-state index is 0.00988. The number of hydrogen-bond acceptors (Lipinski definition) is 3. The predicted octanol–water partition coefficient (Wildman–Crippen LogP) is 3.45. The molecule has 0 radical (unpaired) electrons. The van der Waals surface area contributed by atoms with Crippen molar-refractivity contribution in [1.82, 2.24) is 5.01 Å². The average molecular weight is 270 g/mol. The summed E-state index contributed by atoms with van der Waals surface area (Å²) in [5, 5.41) is 8.14. The Hall–Kier alpha value is -1.94. The van der Waals surface area contributed by atoms with Gasteiger partial charge in [0.1, 0.15) is 0 Å². The molecule has 1 aliphatic heterocycles. The minimum atomic E-state index is -0.00988. The molecular weight excluding hydrogens is 256 g/mol. The molecule has 96 valence electrons. The molecule has 19 heavy (non-hydrogen) atoms. The number of carbonyl (C=O) groups is 1. The third-order valence-electron chi connectivity index (χ3n) is 3.21. The Morgan fingerprint density at radius 1 is 1.26 bits per heavy atom. The lowest BCUT2D eigenvalue weighted by Crippen LogP contribution is -2.23. The molecule has 1 aliphatic rings. The van der Waals surface area contributed by atoms with Crippen LogP contribution in [0.3, 0.4) is 0 Å². The van der Waals surface area contributed by atoms with E-state index >= 15 is 0 Å². The molecule has 3 nitrogen and oxygen atoms in total. The zero-order valence-electron chi connectivity index (χ0n) is 10.6. The van der Waals surface area contributed by atoms with Crippen molar-refractivity contribution in [3.63, 3.8) is 0 Å². The fourth-order valence-corrected chi connectivity index (χ4v) is 3.12. The second-order valence-corrected chi connectivity index (χ2v) is 5.49. The van der Waals surface area contributed by atoms with Crippen LogP contribution in [0, 0.1) is 0 Å². The lowest BCUT2D eigenvalue weighted by molar-refractivity contribution is -0.130. The molecule has 0 spiro atoms. The Morgan fingerprint density at radius 3 is 2.68 bits per heavy atom. The van der Waals surface area contributed by atoms with Crippen LogP contribution in [0.4, 0.5) is 0 Å². The summed E-state index contributed by atoms with van der Waals surface area (Å²) in [5.41, 5.74) is 2.07. The van der Waals surface area contributed by atoms with Gasteiger partial charge in [0.25, 0.3) is 0 Å². The monoisotopic (exact) mass is 270 g/mol. The number of rotatable bonds is 2. The van der Waals surface area contributed by atoms with Gasteiger partial charge in [-0.3, -0.25) is 4.79 Å². The maximum Gasteiger partial charge on any atom is 0.240 e. The van der Waals surface area contributed by atoms with E-state index in [2.05, 4.69) is 11.2 Å². The number of carbonyl (C=O) groups excluding carboxylic acids is 1. The van der Waals surface area contributed by atoms with Crippen LogP contribution in [0.1, 0.15) is 29.8 Å². The molecule has 1 amide bonds. The zero-order valence-corrected chi connectivity index (χ0v) is 11.4. The van der Waals surface area contributed by atoms with Crippen molar-refractivity contribution in [3.8, 4) is 0 Å². The highest BCUT2D eigenvalue weighted by molar-refractivity contribution is 7.10. The molecule has 0 N–H and O–H groups in total. The topological polar surface area (TPSA) is 32.7 Å². The van der Waals surface area contributed by atoms with E-state index in [1.165, 1.54) is 4.88 Å². The number of hydrogen-bond donors (Lipinski definition) is 0. The van der Waals surface area contributed by atoms with Gasteiger partial charge >= 0.3 is 0 Å². The highest BCUT2D eigenvalue weighted by atomic mass is 32.1. The van der Waals surface area contributed by atoms with Crippen LogP contribution < -0.4 is 0 Å². The summed E-state index contributed by atoms with van der Waals surface area (Å²) in [6.07, 6.45) is 0.782. The van der Waals surface area contributed by atoms with Crippen molar-refractivity contribution < 1.29 is 4.79 Å². The summed E-state index contributed by atoms with van der Waals surface area (Å²) in [5.74, 6) is -0.00988. The molecule has 1 aromatic heterocycles. The average Bonchev–Trinajstić information content (AvgIpc) is 3.08. The first-order chi connectivity index (χ1) is 9.25. The second-order valence-electron chi connectivity index (χ2n) is 4.51. The van der Waals surface area contributed by atoms with E-state index in [0.29, 0.717) is 0 Å². The van der Waals surface area contributed by atoms with Gasteiger partial charge in [-0.25, -0.2) is 5.01 Å². The van der Waals surface area contributed by atoms with Crippen LogP contribution in [0.5, 0.6) is 0 Å². The zero-order chi connectivity index (χ0) is 13.2. The fraction of sp³-hybridized carbons (Fsp3) is 0.200. The van der Waals surface area contributed by atoms with E-state index < -0.39 is 0 Å². The maximum atomic E-state index is 11.8. The van der Waals surface area contributed by atoms with E-state index in [1.807, 2.05) is 41.8 Å². The first kappa shape index (κ1) is 12.1. The molecule has 0 saturated heterocycles. The smallest absolute Gasteiger partial charge is 0.240 e. The van der Waals surface area contributed by atoms with Gasteiger partial charge in [0.05, 0.1) is 11.8 Å². The van der Waals surface area contributed by atoms with E-state index in [0.717, 1.165) is 17.7 Å². The van der Waals surface area contributed by atoms with Gasteiger partial charge in [-0.1, -0.05) is 36.4 Å². The predicted molar refractivity (Wildman–Crippen MR) is 77.2 cm³/mol. The van der Waals surface area contributed by atoms with Crippen LogP contribution in [0.2, 0.25) is 0 Å². The Kier molecular flexibility index (Phi) is 3.17. The molecule has 0 fully saturated rings. The van der Waals surface area contributed by atoms with Crippen molar-refractivity contribution in [2.75, 3.05) is 0 Å². The Balaban J connectivity index is 1.94. The van der Waals surface area contributed by atoms with Crippen LogP contribution in [-0.2, 0) is 4.79 Å². The molecule has 1 aromatic carbocycles. The number of thiophene rings is 1. The third-order valence-corrected chi connectivity index (χ3v) is 4.19. The Bertz CT molecular complexity index is 604. The van der Waals surface area contributed by atoms with Crippen LogP contribution in [-0.4, -0.2) is 16.6 Å². The van der Waals surface area contributed by atoms with E-state index in [-0.39, 0.29) is 11.9 Å². The number of benzene rings is 1. The van der Waals surface area contributed by atoms with Crippen molar-refractivity contribution in [1.29, 1.82) is 0 Å². The van der Waals surface area contributed by atoms with E-state index in [4.69, 9.17) is 0 Å². The number of amides is 1. The van der Waals surface area contributed by atoms with E-state index in [9.17, 15) is 4.79 Å². The van der Waals surface area contributed by atoms with Gasteiger partial charge in [-0.15, -0.1) is 11.3 Å². The minimum Gasteiger partial charge on any atom is -0.273 e. The summed E-state index contributed by atoms with van der Waals surface area (Å²) in [6, 6.07) is 14.2. The van der Waals surface area contributed by atoms with Crippen molar-refractivity contribution in [2.24, 2.45) is 5.10 Å². The lowest BCUT2D eigenvalue weighted by atomic mass is 10.0. The molecule has 2 heterocycles. The summed E-state index contributed by atoms with van der Waals surface area (Å²) in [6.45, 7) is 1.57. The van der Waals surface area contributed by atoms with Crippen LogP contribution in [0.25, 0.3) is 0 Å². The summed E-state index contributed by atoms with van der Waals surface area (Å²) < 4.78 is 0. The number of hydrazone groups is 1. The standard InChI is InChI=1S/C15H14N2OS/c1-11(18)17-14(15-8-5-9-19-15)10-13(16-17)12-6-3-2-4-7-12/h2-9,14H,10H2,1H3/t14-/m1/s1. The highest BCUT2D eigenvalue weighted by Crippen LogP contribution is 2.34. The molecular formula is C15H14N2OS. The molecule has 2 aromatic rings. The normalized spacial score (nSPS) is 18.5. The van der Waals surface area contributed by atoms with Gasteiger partial charge in [-0.2, -0.15) is 5.10 Å². The molecule has 0 unspecified atom stereocenters. The highest BCUT2D eigenvalue weighted by Gasteiger charge is 2.31. The Labute approximate surface area is 116 Å². The maximum absolute atomic E-state index is 11.8. The molecule has 0 bridgehead atoms. The van der Waals surface area contributed by atoms with Crippen molar-refractivity contribution >= 4 is 23.0 Å². The lowest BCUT2D eigenvalue weighted by Gasteiger charge is -2.18. The SMILES string of the molecule is CC(=O)N1N=C(c2ccccc2)C[C@@H]1c1cccs1. The molecule has 0 saturated carbocycles. The van der Waals surface area contributed by atoms with Gasteiger partial charge in [0.2, 0.25) is 5.91 Å². The molecule has 0 aliphatic carbocycles. The van der Waals surface area contributed by atoms with Gasteiger partial charge in [0.15, 0.2) is 0 Å². The molecule has 4 heteroatoms. The summed E-state index contributed by atoms with van der Waals surface area (Å²) in [4.78, 5) is 12.9. The third kappa shape index (κ3) is 2.31. The van der Waals surface area contributed by atoms with Crippen LogP contribution >= 0.6 is 11.3 Å². The molecule has 3 rings (SSSR count). The van der Waals surface area contributed by atoms with Crippen molar-refractivity contribution in [2.45, 2.75) is 19.4 Å². The van der Waals surface area contributed by atoms with Gasteiger partial charge in [-0.05, 0) is 17.0 Å². The molecule has 1 atom stereocenters. The van der Waals surface area contributed by atoms with Gasteiger partial charge in [0, 0.05) is 18.2 Å². The first-order valence-corrected chi connectivity index (χ1v) is 7.10. The van der Waals surface area contributed by atoms with Crippen molar-refractivity contribution in [3.05, 3.63) is 58.3 Å². The largest absolute Gasteiger partial charge is 0.273 e. The van der Waals surface area contributed by atoms with Gasteiger partial charge < -0.3 is 0 Å².